The van der Waals surface area contributed by atoms with E-state index in [1.165, 1.54) is 0 Å². The normalized spacial score (nSPS) is 18.0. The minimum atomic E-state index is 0.0189. The number of aromatic nitrogens is 2. The zero-order valence-corrected chi connectivity index (χ0v) is 14.9. The van der Waals surface area contributed by atoms with Crippen molar-refractivity contribution in [2.24, 2.45) is 0 Å². The van der Waals surface area contributed by atoms with Gasteiger partial charge in [-0.3, -0.25) is 14.8 Å². The average Bonchev–Trinajstić information content (AvgIpc) is 2.87. The Bertz CT molecular complexity index is 703. The van der Waals surface area contributed by atoms with Gasteiger partial charge in [0.05, 0.1) is 23.9 Å². The van der Waals surface area contributed by atoms with Crippen molar-refractivity contribution in [2.75, 3.05) is 6.54 Å². The highest BCUT2D eigenvalue weighted by Gasteiger charge is 2.28. The molecule has 1 aliphatic rings. The second kappa shape index (κ2) is 8.10. The largest absolute Gasteiger partial charge is 0.489 e. The van der Waals surface area contributed by atoms with E-state index < -0.39 is 0 Å². The van der Waals surface area contributed by atoms with Gasteiger partial charge >= 0.3 is 0 Å². The van der Waals surface area contributed by atoms with Crippen LogP contribution >= 0.6 is 0 Å². The van der Waals surface area contributed by atoms with Crippen molar-refractivity contribution in [3.05, 3.63) is 54.1 Å². The zero-order valence-electron chi connectivity index (χ0n) is 14.9. The van der Waals surface area contributed by atoms with Crippen molar-refractivity contribution in [1.82, 2.24) is 14.9 Å². The molecule has 5 heteroatoms. The Hall–Kier alpha value is -2.43. The van der Waals surface area contributed by atoms with Gasteiger partial charge in [0.25, 0.3) is 5.91 Å². The summed E-state index contributed by atoms with van der Waals surface area (Å²) in [6, 6.07) is 5.90. The molecule has 3 rings (SSSR count). The molecule has 132 valence electrons. The Morgan fingerprint density at radius 3 is 2.72 bits per heavy atom. The number of ether oxygens (including phenoxy) is 1. The smallest absolute Gasteiger partial charge is 0.256 e. The second-order valence-electron chi connectivity index (χ2n) is 6.72. The third kappa shape index (κ3) is 4.35. The average molecular weight is 339 g/mol. The molecule has 0 N–H and O–H groups in total. The lowest BCUT2D eigenvalue weighted by Crippen LogP contribution is -2.35. The molecule has 2 aromatic heterocycles. The number of amides is 1. The van der Waals surface area contributed by atoms with Gasteiger partial charge in [0.15, 0.2) is 0 Å². The van der Waals surface area contributed by atoms with Gasteiger partial charge in [0.2, 0.25) is 0 Å². The molecular weight excluding hydrogens is 314 g/mol. The minimum Gasteiger partial charge on any atom is -0.489 e. The summed E-state index contributed by atoms with van der Waals surface area (Å²) in [5.74, 6) is 0.654. The van der Waals surface area contributed by atoms with E-state index in [-0.39, 0.29) is 18.1 Å². The van der Waals surface area contributed by atoms with Crippen molar-refractivity contribution >= 4 is 5.91 Å². The molecule has 3 heterocycles. The van der Waals surface area contributed by atoms with E-state index in [9.17, 15) is 4.79 Å². The van der Waals surface area contributed by atoms with Gasteiger partial charge in [-0.05, 0) is 50.5 Å². The Morgan fingerprint density at radius 2 is 1.96 bits per heavy atom. The van der Waals surface area contributed by atoms with Gasteiger partial charge in [-0.15, -0.1) is 0 Å². The van der Waals surface area contributed by atoms with E-state index in [1.54, 1.807) is 30.9 Å². The first kappa shape index (κ1) is 17.4. The Kier molecular flexibility index (Phi) is 5.64. The molecule has 2 aromatic rings. The number of hydrogen-bond donors (Lipinski definition) is 0. The van der Waals surface area contributed by atoms with Crippen molar-refractivity contribution in [2.45, 2.75) is 51.7 Å². The minimum absolute atomic E-state index is 0.0189. The summed E-state index contributed by atoms with van der Waals surface area (Å²) in [5.41, 5.74) is 1.73. The third-order valence-corrected chi connectivity index (χ3v) is 4.44. The molecule has 0 saturated carbocycles. The fourth-order valence-corrected chi connectivity index (χ4v) is 3.32. The van der Waals surface area contributed by atoms with Crippen LogP contribution in [0.4, 0.5) is 0 Å². The molecule has 1 atom stereocenters. The maximum atomic E-state index is 13.2. The highest BCUT2D eigenvalue weighted by Crippen LogP contribution is 2.31. The Balaban J connectivity index is 1.87. The first-order valence-corrected chi connectivity index (χ1v) is 8.98. The third-order valence-electron chi connectivity index (χ3n) is 4.44. The molecule has 1 unspecified atom stereocenters. The van der Waals surface area contributed by atoms with Crippen LogP contribution in [0, 0.1) is 0 Å². The summed E-state index contributed by atoms with van der Waals surface area (Å²) in [6.45, 7) is 4.69. The van der Waals surface area contributed by atoms with Gasteiger partial charge in [-0.2, -0.15) is 0 Å². The van der Waals surface area contributed by atoms with E-state index in [0.717, 1.165) is 37.8 Å². The quantitative estimate of drug-likeness (QED) is 0.844. The van der Waals surface area contributed by atoms with E-state index >= 15 is 0 Å². The van der Waals surface area contributed by atoms with Crippen LogP contribution in [0.2, 0.25) is 0 Å². The molecule has 1 fully saturated rings. The predicted molar refractivity (Wildman–Crippen MR) is 96.5 cm³/mol. The summed E-state index contributed by atoms with van der Waals surface area (Å²) >= 11 is 0. The first-order valence-electron chi connectivity index (χ1n) is 8.98. The van der Waals surface area contributed by atoms with Crippen molar-refractivity contribution in [1.29, 1.82) is 0 Å². The zero-order chi connectivity index (χ0) is 17.6. The summed E-state index contributed by atoms with van der Waals surface area (Å²) in [5, 5.41) is 0. The topological polar surface area (TPSA) is 55.3 Å². The van der Waals surface area contributed by atoms with Crippen molar-refractivity contribution in [3.63, 3.8) is 0 Å². The Morgan fingerprint density at radius 1 is 1.16 bits per heavy atom. The van der Waals surface area contributed by atoms with E-state index in [2.05, 4.69) is 9.97 Å². The Labute approximate surface area is 149 Å². The lowest BCUT2D eigenvalue weighted by atomic mass is 10.0. The maximum Gasteiger partial charge on any atom is 0.256 e. The number of likely N-dealkylation sites (tertiary alicyclic amines) is 1. The summed E-state index contributed by atoms with van der Waals surface area (Å²) < 4.78 is 5.69. The van der Waals surface area contributed by atoms with Gasteiger partial charge < -0.3 is 9.64 Å². The summed E-state index contributed by atoms with van der Waals surface area (Å²) in [6.07, 6.45) is 11.2. The van der Waals surface area contributed by atoms with Gasteiger partial charge in [0, 0.05) is 25.1 Å². The first-order chi connectivity index (χ1) is 12.1. The molecule has 1 amide bonds. The molecule has 1 saturated heterocycles. The van der Waals surface area contributed by atoms with Crippen LogP contribution in [0.3, 0.4) is 0 Å². The van der Waals surface area contributed by atoms with E-state index in [0.29, 0.717) is 11.3 Å². The SMILES string of the molecule is CC(C)Oc1cncc(C(=O)N2CCCCCC2c2ccncc2)c1. The van der Waals surface area contributed by atoms with Gasteiger partial charge in [0.1, 0.15) is 5.75 Å². The van der Waals surface area contributed by atoms with Crippen LogP contribution in [-0.2, 0) is 0 Å². The van der Waals surface area contributed by atoms with E-state index in [4.69, 9.17) is 4.74 Å². The molecule has 0 radical (unpaired) electrons. The van der Waals surface area contributed by atoms with Gasteiger partial charge in [-0.1, -0.05) is 12.8 Å². The van der Waals surface area contributed by atoms with Crippen LogP contribution in [-0.4, -0.2) is 33.4 Å². The molecule has 0 bridgehead atoms. The van der Waals surface area contributed by atoms with Crippen LogP contribution in [0.25, 0.3) is 0 Å². The number of carbonyl (C=O) groups excluding carboxylic acids is 1. The molecule has 0 spiro atoms. The highest BCUT2D eigenvalue weighted by atomic mass is 16.5. The van der Waals surface area contributed by atoms with Crippen LogP contribution in [0.1, 0.15) is 61.5 Å². The number of hydrogen-bond acceptors (Lipinski definition) is 4. The van der Waals surface area contributed by atoms with Crippen molar-refractivity contribution < 1.29 is 9.53 Å². The second-order valence-corrected chi connectivity index (χ2v) is 6.72. The van der Waals surface area contributed by atoms with Crippen LogP contribution in [0.15, 0.2) is 43.0 Å². The fourth-order valence-electron chi connectivity index (χ4n) is 3.32. The lowest BCUT2D eigenvalue weighted by molar-refractivity contribution is 0.0679. The van der Waals surface area contributed by atoms with Crippen molar-refractivity contribution in [3.8, 4) is 5.75 Å². The molecular formula is C20H25N3O2. The van der Waals surface area contributed by atoms with Crippen LogP contribution in [0.5, 0.6) is 5.75 Å². The van der Waals surface area contributed by atoms with Gasteiger partial charge in [-0.25, -0.2) is 0 Å². The number of rotatable bonds is 4. The summed E-state index contributed by atoms with van der Waals surface area (Å²) in [7, 11) is 0. The molecule has 0 aliphatic carbocycles. The number of pyridine rings is 2. The van der Waals surface area contributed by atoms with Crippen LogP contribution < -0.4 is 4.74 Å². The molecule has 25 heavy (non-hydrogen) atoms. The monoisotopic (exact) mass is 339 g/mol. The lowest BCUT2D eigenvalue weighted by Gasteiger charge is -2.30. The number of nitrogens with zero attached hydrogens (tertiary/aromatic N) is 3. The molecule has 0 aromatic carbocycles. The number of carbonyl (C=O) groups is 1. The maximum absolute atomic E-state index is 13.2. The fraction of sp³-hybridized carbons (Fsp3) is 0.450. The predicted octanol–water partition coefficient (Wildman–Crippen LogP) is 4.02. The summed E-state index contributed by atoms with van der Waals surface area (Å²) in [4.78, 5) is 23.5. The van der Waals surface area contributed by atoms with E-state index in [1.807, 2.05) is 30.9 Å². The highest BCUT2D eigenvalue weighted by molar-refractivity contribution is 5.94. The standard InChI is InChI=1S/C20H25N3O2/c1-15(2)25-18-12-17(13-22-14-18)20(24)23-11-5-3-4-6-19(23)16-7-9-21-10-8-16/h7-10,12-15,19H,3-6,11H2,1-2H3. The molecule has 5 nitrogen and oxygen atoms in total. The molecule has 1 aliphatic heterocycles.